The maximum Gasteiger partial charge on any atom is 2.00 e. The fourth-order valence-corrected chi connectivity index (χ4v) is 2.46. The van der Waals surface area contributed by atoms with Crippen LogP contribution in [0.15, 0.2) is 30.3 Å². The third-order valence-corrected chi connectivity index (χ3v) is 3.66. The van der Waals surface area contributed by atoms with Crippen molar-refractivity contribution < 1.29 is 15.8 Å². The summed E-state index contributed by atoms with van der Waals surface area (Å²) in [4.78, 5) is 0. The zero-order valence-corrected chi connectivity index (χ0v) is 18.6. The van der Waals surface area contributed by atoms with Gasteiger partial charge < -0.3 is 2.85 Å². The van der Waals surface area contributed by atoms with Gasteiger partial charge in [0.1, 0.15) is 0 Å². The van der Waals surface area contributed by atoms with Crippen molar-refractivity contribution >= 4 is 47.9 Å². The van der Waals surface area contributed by atoms with Crippen LogP contribution in [0.25, 0.3) is 0 Å². The topological polar surface area (TPSA) is 54.4 Å². The van der Waals surface area contributed by atoms with Crippen molar-refractivity contribution in [2.45, 2.75) is 77.6 Å². The van der Waals surface area contributed by atoms with Crippen LogP contribution in [0.2, 0.25) is 0 Å². The van der Waals surface area contributed by atoms with Gasteiger partial charge in [-0.15, -0.1) is 0 Å². The molecule has 5 heteroatoms. The molecule has 0 amide bonds. The minimum absolute atomic E-state index is 0. The fraction of sp³-hybridized carbons (Fsp3) is 0.684. The molecule has 0 radical (unpaired) electrons. The number of benzene rings is 1. The van der Waals surface area contributed by atoms with E-state index in [0.717, 1.165) is 0 Å². The predicted molar refractivity (Wildman–Crippen MR) is 107 cm³/mol. The molecule has 24 heavy (non-hydrogen) atoms. The molecule has 0 aromatic heterocycles. The van der Waals surface area contributed by atoms with Gasteiger partial charge in [-0.25, -0.2) is 0 Å². The summed E-state index contributed by atoms with van der Waals surface area (Å²) in [5.41, 5.74) is 1.50. The number of unbranched alkanes of at least 4 members (excludes halogenated alkanes) is 9. The molecular formula is C19H36CaO3S. The van der Waals surface area contributed by atoms with Gasteiger partial charge in [0, 0.05) is 0 Å². The Bertz CT molecular complexity index is 463. The normalized spacial score (nSPS) is 10.5. The summed E-state index contributed by atoms with van der Waals surface area (Å²) in [5.74, 6) is 0. The Labute approximate surface area is 182 Å². The van der Waals surface area contributed by atoms with E-state index in [1.165, 1.54) is 76.2 Å². The molecule has 0 saturated carbocycles. The summed E-state index contributed by atoms with van der Waals surface area (Å²) >= 11 is 0. The first kappa shape index (κ1) is 26.6. The Morgan fingerprint density at radius 3 is 1.62 bits per heavy atom. The van der Waals surface area contributed by atoms with Gasteiger partial charge in [-0.1, -0.05) is 95.0 Å². The van der Waals surface area contributed by atoms with Crippen LogP contribution < -0.4 is 0 Å². The second-order valence-corrected chi connectivity index (χ2v) is 7.62. The monoisotopic (exact) mass is 384 g/mol. The van der Waals surface area contributed by atoms with E-state index in [-0.39, 0.29) is 40.6 Å². The van der Waals surface area contributed by atoms with Crippen molar-refractivity contribution in [1.82, 2.24) is 0 Å². The first-order valence-electron chi connectivity index (χ1n) is 8.90. The third kappa shape index (κ3) is 24.6. The largest absolute Gasteiger partial charge is 2.00 e. The van der Waals surface area contributed by atoms with E-state index in [1.807, 2.05) is 0 Å². The van der Waals surface area contributed by atoms with Crippen LogP contribution in [0.3, 0.4) is 0 Å². The Hall–Kier alpha value is 0.390. The number of aryl methyl sites for hydroxylation is 1. The Balaban J connectivity index is -0.000000268. The summed E-state index contributed by atoms with van der Waals surface area (Å²) in [5, 5.41) is 0. The molecule has 1 aromatic rings. The van der Waals surface area contributed by atoms with Crippen molar-refractivity contribution in [3.63, 3.8) is 0 Å². The molecule has 1 rings (SSSR count). The number of hydrogen-bond acceptors (Lipinski definition) is 2. The molecule has 1 N–H and O–H groups in total. The van der Waals surface area contributed by atoms with Gasteiger partial charge in [0.05, 0.1) is 6.26 Å². The maximum atomic E-state index is 9.19. The van der Waals surface area contributed by atoms with Gasteiger partial charge in [0.15, 0.2) is 0 Å². The Morgan fingerprint density at radius 1 is 0.833 bits per heavy atom. The van der Waals surface area contributed by atoms with E-state index < -0.39 is 10.1 Å². The molecule has 3 nitrogen and oxygen atoms in total. The molecule has 0 spiro atoms. The van der Waals surface area contributed by atoms with Gasteiger partial charge in [0.25, 0.3) is 10.1 Å². The van der Waals surface area contributed by atoms with Crippen LogP contribution in [0.1, 0.15) is 79.5 Å². The van der Waals surface area contributed by atoms with Crippen molar-refractivity contribution in [2.75, 3.05) is 6.26 Å². The summed E-state index contributed by atoms with van der Waals surface area (Å²) in [6, 6.07) is 10.9. The second kappa shape index (κ2) is 18.2. The molecule has 0 aliphatic carbocycles. The number of hydrogen-bond donors (Lipinski definition) is 1. The molecule has 0 fully saturated rings. The summed E-state index contributed by atoms with van der Waals surface area (Å²) in [6.07, 6.45) is 16.2. The molecule has 0 heterocycles. The molecule has 0 bridgehead atoms. The summed E-state index contributed by atoms with van der Waals surface area (Å²) < 4.78 is 25.9. The zero-order chi connectivity index (χ0) is 17.4. The summed E-state index contributed by atoms with van der Waals surface area (Å²) in [6.45, 7) is 2.28. The van der Waals surface area contributed by atoms with Crippen LogP contribution in [-0.4, -0.2) is 57.0 Å². The third-order valence-electron chi connectivity index (χ3n) is 3.66. The minimum Gasteiger partial charge on any atom is -1.00 e. The first-order chi connectivity index (χ1) is 10.9. The van der Waals surface area contributed by atoms with E-state index in [0.29, 0.717) is 6.26 Å². The van der Waals surface area contributed by atoms with Gasteiger partial charge in [-0.2, -0.15) is 8.42 Å². The van der Waals surface area contributed by atoms with Crippen molar-refractivity contribution in [3.05, 3.63) is 35.9 Å². The molecule has 0 atom stereocenters. The number of rotatable bonds is 11. The minimum atomic E-state index is -3.67. The average Bonchev–Trinajstić information content (AvgIpc) is 2.48. The molecule has 0 aliphatic rings. The Kier molecular flexibility index (Phi) is 20.2. The molecular weight excluding hydrogens is 348 g/mol. The SMILES string of the molecule is CCCCCCCCCCCCc1ccccc1.CS(=O)(=O)O.[Ca+2].[H-].[H-]. The molecule has 138 valence electrons. The zero-order valence-electron chi connectivity index (χ0n) is 17.5. The molecule has 0 unspecified atom stereocenters. The van der Waals surface area contributed by atoms with Gasteiger partial charge in [-0.3, -0.25) is 4.55 Å². The van der Waals surface area contributed by atoms with E-state index >= 15 is 0 Å². The van der Waals surface area contributed by atoms with Crippen LogP contribution in [0, 0.1) is 0 Å². The van der Waals surface area contributed by atoms with Gasteiger partial charge >= 0.3 is 37.7 Å². The van der Waals surface area contributed by atoms with Gasteiger partial charge in [-0.05, 0) is 18.4 Å². The average molecular weight is 385 g/mol. The quantitative estimate of drug-likeness (QED) is 0.311. The molecule has 0 aliphatic heterocycles. The van der Waals surface area contributed by atoms with E-state index in [9.17, 15) is 8.42 Å². The van der Waals surface area contributed by atoms with Crippen LogP contribution in [-0.2, 0) is 16.5 Å². The van der Waals surface area contributed by atoms with E-state index in [1.54, 1.807) is 0 Å². The first-order valence-corrected chi connectivity index (χ1v) is 10.7. The molecule has 0 saturated heterocycles. The van der Waals surface area contributed by atoms with E-state index in [4.69, 9.17) is 4.55 Å². The summed E-state index contributed by atoms with van der Waals surface area (Å²) in [7, 11) is -3.67. The fourth-order valence-electron chi connectivity index (χ4n) is 2.46. The van der Waals surface area contributed by atoms with Crippen molar-refractivity contribution in [3.8, 4) is 0 Å². The second-order valence-electron chi connectivity index (χ2n) is 6.15. The maximum absolute atomic E-state index is 9.19. The van der Waals surface area contributed by atoms with Crippen molar-refractivity contribution in [2.24, 2.45) is 0 Å². The van der Waals surface area contributed by atoms with Crippen LogP contribution in [0.4, 0.5) is 0 Å². The Morgan fingerprint density at radius 2 is 1.21 bits per heavy atom. The van der Waals surface area contributed by atoms with Crippen LogP contribution in [0.5, 0.6) is 0 Å². The van der Waals surface area contributed by atoms with Gasteiger partial charge in [0.2, 0.25) is 0 Å². The van der Waals surface area contributed by atoms with Crippen molar-refractivity contribution in [1.29, 1.82) is 0 Å². The smallest absolute Gasteiger partial charge is 1.00 e. The predicted octanol–water partition coefficient (Wildman–Crippen LogP) is 5.50. The standard InChI is InChI=1S/C18H30.CH4O3S.Ca.2H/c1-2-3-4-5-6-7-8-9-10-12-15-18-16-13-11-14-17-18;1-5(2,3)4;;;/h11,13-14,16-17H,2-10,12,15H2,1H3;1H3,(H,2,3,4);;;/q;;+2;2*-1. The molecule has 1 aromatic carbocycles. The van der Waals surface area contributed by atoms with Crippen LogP contribution >= 0.6 is 0 Å². The van der Waals surface area contributed by atoms with E-state index in [2.05, 4.69) is 37.3 Å².